The second kappa shape index (κ2) is 6.88. The van der Waals surface area contributed by atoms with Gasteiger partial charge >= 0.3 is 0 Å². The van der Waals surface area contributed by atoms with Gasteiger partial charge in [-0.1, -0.05) is 37.9 Å². The van der Waals surface area contributed by atoms with Crippen molar-refractivity contribution in [2.24, 2.45) is 5.73 Å². The number of hydrogen-bond donors (Lipinski definition) is 1. The summed E-state index contributed by atoms with van der Waals surface area (Å²) >= 11 is 5.23. The molecule has 5 heteroatoms. The molecular formula is C16H26N4S. The summed E-state index contributed by atoms with van der Waals surface area (Å²) in [7, 11) is 0. The van der Waals surface area contributed by atoms with Crippen molar-refractivity contribution in [3.05, 3.63) is 18.0 Å². The molecule has 4 nitrogen and oxygen atoms in total. The molecule has 1 saturated heterocycles. The fourth-order valence-electron chi connectivity index (χ4n) is 3.72. The summed E-state index contributed by atoms with van der Waals surface area (Å²) in [6.45, 7) is 1.96. The second-order valence-corrected chi connectivity index (χ2v) is 6.93. The summed E-state index contributed by atoms with van der Waals surface area (Å²) in [5, 5.41) is 4.81. The zero-order chi connectivity index (χ0) is 14.7. The van der Waals surface area contributed by atoms with Crippen molar-refractivity contribution in [2.75, 3.05) is 6.54 Å². The standard InChI is InChI=1S/C16H26N4S/c17-16(21)15-8-4-5-10-19(15)12-13-9-11-20(18-13)14-6-2-1-3-7-14/h9,11,14-15H,1-8,10,12H2,(H2,17,21). The van der Waals surface area contributed by atoms with E-state index < -0.39 is 0 Å². The van der Waals surface area contributed by atoms with E-state index in [1.165, 1.54) is 44.9 Å². The number of thiocarbonyl (C=S) groups is 1. The van der Waals surface area contributed by atoms with Crippen LogP contribution in [0.1, 0.15) is 63.1 Å². The summed E-state index contributed by atoms with van der Waals surface area (Å²) in [5.74, 6) is 0. The van der Waals surface area contributed by atoms with E-state index in [1.54, 1.807) is 0 Å². The molecule has 116 valence electrons. The Morgan fingerprint density at radius 2 is 1.95 bits per heavy atom. The number of nitrogens with zero attached hydrogens (tertiary/aromatic N) is 3. The van der Waals surface area contributed by atoms with Crippen molar-refractivity contribution in [3.63, 3.8) is 0 Å². The molecule has 2 aliphatic rings. The molecular weight excluding hydrogens is 280 g/mol. The number of rotatable bonds is 4. The maximum atomic E-state index is 5.90. The minimum absolute atomic E-state index is 0.258. The number of piperidine rings is 1. The Bertz CT molecular complexity index is 478. The Kier molecular flexibility index (Phi) is 4.91. The van der Waals surface area contributed by atoms with Gasteiger partial charge in [0, 0.05) is 12.7 Å². The van der Waals surface area contributed by atoms with Crippen LogP contribution in [0.5, 0.6) is 0 Å². The zero-order valence-corrected chi connectivity index (χ0v) is 13.5. The lowest BCUT2D eigenvalue weighted by Crippen LogP contribution is -2.46. The van der Waals surface area contributed by atoms with Crippen molar-refractivity contribution in [3.8, 4) is 0 Å². The van der Waals surface area contributed by atoms with Crippen molar-refractivity contribution < 1.29 is 0 Å². The molecule has 21 heavy (non-hydrogen) atoms. The van der Waals surface area contributed by atoms with Crippen LogP contribution in [0, 0.1) is 0 Å². The predicted molar refractivity (Wildman–Crippen MR) is 89.2 cm³/mol. The first-order valence-electron chi connectivity index (χ1n) is 8.31. The van der Waals surface area contributed by atoms with E-state index in [0.717, 1.165) is 25.2 Å². The molecule has 0 aromatic carbocycles. The Balaban J connectivity index is 1.64. The molecule has 2 N–H and O–H groups in total. The van der Waals surface area contributed by atoms with Gasteiger partial charge in [0.2, 0.25) is 0 Å². The molecule has 2 fully saturated rings. The van der Waals surface area contributed by atoms with Crippen molar-refractivity contribution in [1.29, 1.82) is 0 Å². The summed E-state index contributed by atoms with van der Waals surface area (Å²) in [4.78, 5) is 3.04. The maximum absolute atomic E-state index is 5.90. The highest BCUT2D eigenvalue weighted by Gasteiger charge is 2.25. The Morgan fingerprint density at radius 3 is 2.71 bits per heavy atom. The third kappa shape index (κ3) is 3.64. The molecule has 1 aromatic rings. The van der Waals surface area contributed by atoms with Crippen LogP contribution in [-0.2, 0) is 6.54 Å². The fourth-order valence-corrected chi connectivity index (χ4v) is 3.99. The smallest absolute Gasteiger partial charge is 0.0902 e. The number of hydrogen-bond acceptors (Lipinski definition) is 3. The van der Waals surface area contributed by atoms with E-state index in [1.807, 2.05) is 0 Å². The van der Waals surface area contributed by atoms with Crippen LogP contribution < -0.4 is 5.73 Å². The van der Waals surface area contributed by atoms with Gasteiger partial charge in [-0.25, -0.2) is 0 Å². The summed E-state index contributed by atoms with van der Waals surface area (Å²) in [6, 6.07) is 3.04. The van der Waals surface area contributed by atoms with E-state index in [-0.39, 0.29) is 6.04 Å². The molecule has 2 heterocycles. The second-order valence-electron chi connectivity index (χ2n) is 6.46. The number of likely N-dealkylation sites (tertiary alicyclic amines) is 1. The average Bonchev–Trinajstić information content (AvgIpc) is 2.97. The van der Waals surface area contributed by atoms with Gasteiger partial charge in [0.1, 0.15) is 0 Å². The number of nitrogens with two attached hydrogens (primary N) is 1. The molecule has 1 unspecified atom stereocenters. The lowest BCUT2D eigenvalue weighted by Gasteiger charge is -2.34. The molecule has 0 spiro atoms. The minimum Gasteiger partial charge on any atom is -0.392 e. The third-order valence-corrected chi connectivity index (χ3v) is 5.19. The van der Waals surface area contributed by atoms with E-state index in [0.29, 0.717) is 11.0 Å². The van der Waals surface area contributed by atoms with Crippen LogP contribution in [0.2, 0.25) is 0 Å². The van der Waals surface area contributed by atoms with Crippen LogP contribution in [0.4, 0.5) is 0 Å². The summed E-state index contributed by atoms with van der Waals surface area (Å²) in [5.41, 5.74) is 7.05. The third-order valence-electron chi connectivity index (χ3n) is 4.92. The van der Waals surface area contributed by atoms with Crippen LogP contribution in [0.25, 0.3) is 0 Å². The normalized spacial score (nSPS) is 25.0. The van der Waals surface area contributed by atoms with E-state index >= 15 is 0 Å². The first-order chi connectivity index (χ1) is 10.2. The zero-order valence-electron chi connectivity index (χ0n) is 12.7. The van der Waals surface area contributed by atoms with Crippen LogP contribution >= 0.6 is 12.2 Å². The highest BCUT2D eigenvalue weighted by Crippen LogP contribution is 2.27. The largest absolute Gasteiger partial charge is 0.392 e. The van der Waals surface area contributed by atoms with Crippen LogP contribution in [-0.4, -0.2) is 32.3 Å². The molecule has 1 aliphatic heterocycles. The van der Waals surface area contributed by atoms with Crippen LogP contribution in [0.15, 0.2) is 12.3 Å². The van der Waals surface area contributed by atoms with Gasteiger partial charge in [0.15, 0.2) is 0 Å². The van der Waals surface area contributed by atoms with Gasteiger partial charge < -0.3 is 5.73 Å². The van der Waals surface area contributed by atoms with Gasteiger partial charge in [0.25, 0.3) is 0 Å². The Morgan fingerprint density at radius 1 is 1.19 bits per heavy atom. The molecule has 1 aliphatic carbocycles. The molecule has 3 rings (SSSR count). The summed E-state index contributed by atoms with van der Waals surface area (Å²) < 4.78 is 2.19. The molecule has 0 amide bonds. The van der Waals surface area contributed by atoms with Gasteiger partial charge in [-0.05, 0) is 38.3 Å². The van der Waals surface area contributed by atoms with Gasteiger partial charge in [-0.15, -0.1) is 0 Å². The SMILES string of the molecule is NC(=S)C1CCCCN1Cc1ccn(C2CCCCC2)n1. The Hall–Kier alpha value is -0.940. The molecule has 1 aromatic heterocycles. The van der Waals surface area contributed by atoms with Crippen LogP contribution in [0.3, 0.4) is 0 Å². The van der Waals surface area contributed by atoms with Gasteiger partial charge in [-0.2, -0.15) is 5.10 Å². The highest BCUT2D eigenvalue weighted by molar-refractivity contribution is 7.80. The van der Waals surface area contributed by atoms with Crippen molar-refractivity contribution in [1.82, 2.24) is 14.7 Å². The monoisotopic (exact) mass is 306 g/mol. The molecule has 0 radical (unpaired) electrons. The molecule has 1 atom stereocenters. The van der Waals surface area contributed by atoms with E-state index in [2.05, 4.69) is 21.8 Å². The lowest BCUT2D eigenvalue weighted by molar-refractivity contribution is 0.181. The molecule has 0 bridgehead atoms. The topological polar surface area (TPSA) is 47.1 Å². The fraction of sp³-hybridized carbons (Fsp3) is 0.750. The first-order valence-corrected chi connectivity index (χ1v) is 8.72. The van der Waals surface area contributed by atoms with E-state index in [4.69, 9.17) is 23.1 Å². The predicted octanol–water partition coefficient (Wildman–Crippen LogP) is 3.03. The number of aromatic nitrogens is 2. The van der Waals surface area contributed by atoms with Crippen molar-refractivity contribution >= 4 is 17.2 Å². The van der Waals surface area contributed by atoms with Crippen molar-refractivity contribution in [2.45, 2.75) is 70.0 Å². The Labute approximate surface area is 132 Å². The van der Waals surface area contributed by atoms with E-state index in [9.17, 15) is 0 Å². The molecule has 1 saturated carbocycles. The quantitative estimate of drug-likeness (QED) is 0.869. The first kappa shape index (κ1) is 15.0. The average molecular weight is 306 g/mol. The van der Waals surface area contributed by atoms with Gasteiger partial charge in [-0.3, -0.25) is 9.58 Å². The summed E-state index contributed by atoms with van der Waals surface area (Å²) in [6.07, 6.45) is 12.3. The maximum Gasteiger partial charge on any atom is 0.0902 e. The highest BCUT2D eigenvalue weighted by atomic mass is 32.1. The minimum atomic E-state index is 0.258. The van der Waals surface area contributed by atoms with Gasteiger partial charge in [0.05, 0.1) is 22.8 Å². The lowest BCUT2D eigenvalue weighted by atomic mass is 9.96.